The summed E-state index contributed by atoms with van der Waals surface area (Å²) in [5.74, 6) is -0.332. The SMILES string of the molecule is CCc1nc2ccc(C(=O)Nc3cccc(S(=O)(=O)NC4CC4)c3)cc2nc1CC. The molecule has 2 aromatic carbocycles. The van der Waals surface area contributed by atoms with Crippen LogP contribution in [0.4, 0.5) is 5.69 Å². The van der Waals surface area contributed by atoms with E-state index in [2.05, 4.69) is 20.0 Å². The highest BCUT2D eigenvalue weighted by Gasteiger charge is 2.28. The zero-order chi connectivity index (χ0) is 21.3. The van der Waals surface area contributed by atoms with Crippen molar-refractivity contribution in [1.29, 1.82) is 0 Å². The van der Waals surface area contributed by atoms with Crippen molar-refractivity contribution < 1.29 is 13.2 Å². The largest absolute Gasteiger partial charge is 0.322 e. The van der Waals surface area contributed by atoms with Crippen molar-refractivity contribution in [3.05, 3.63) is 59.4 Å². The Morgan fingerprint density at radius 1 is 1.00 bits per heavy atom. The molecule has 0 bridgehead atoms. The van der Waals surface area contributed by atoms with Gasteiger partial charge in [-0.05, 0) is 62.1 Å². The molecule has 4 rings (SSSR count). The number of nitrogens with zero attached hydrogens (tertiary/aromatic N) is 2. The standard InChI is InChI=1S/C22H24N4O3S/c1-3-18-19(4-2)25-21-12-14(8-11-20(21)24-18)22(27)23-16-6-5-7-17(13-16)30(28,29)26-15-9-10-15/h5-8,11-13,15,26H,3-4,9-10H2,1-2H3,(H,23,27). The lowest BCUT2D eigenvalue weighted by Crippen LogP contribution is -2.25. The van der Waals surface area contributed by atoms with E-state index >= 15 is 0 Å². The maximum absolute atomic E-state index is 12.8. The Kier molecular flexibility index (Phi) is 5.53. The highest BCUT2D eigenvalue weighted by Crippen LogP contribution is 2.24. The van der Waals surface area contributed by atoms with Gasteiger partial charge in [0.25, 0.3) is 5.91 Å². The Bertz CT molecular complexity index is 1220. The normalized spacial score (nSPS) is 14.1. The molecule has 1 saturated carbocycles. The van der Waals surface area contributed by atoms with Crippen molar-refractivity contribution in [3.8, 4) is 0 Å². The molecule has 0 aliphatic heterocycles. The first kappa shape index (κ1) is 20.4. The summed E-state index contributed by atoms with van der Waals surface area (Å²) in [7, 11) is -3.58. The van der Waals surface area contributed by atoms with Gasteiger partial charge in [0.2, 0.25) is 10.0 Å². The molecule has 1 aliphatic rings. The topological polar surface area (TPSA) is 101 Å². The predicted molar refractivity (Wildman–Crippen MR) is 116 cm³/mol. The van der Waals surface area contributed by atoms with Crippen molar-refractivity contribution in [2.45, 2.75) is 50.5 Å². The van der Waals surface area contributed by atoms with Crippen LogP contribution in [0, 0.1) is 0 Å². The summed E-state index contributed by atoms with van der Waals surface area (Å²) in [6.07, 6.45) is 3.31. The third kappa shape index (κ3) is 4.34. The van der Waals surface area contributed by atoms with Crippen LogP contribution in [0.15, 0.2) is 47.4 Å². The molecule has 1 aromatic heterocycles. The monoisotopic (exact) mass is 424 g/mol. The lowest BCUT2D eigenvalue weighted by Gasteiger charge is -2.10. The first-order valence-corrected chi connectivity index (χ1v) is 11.6. The van der Waals surface area contributed by atoms with Gasteiger partial charge in [0.1, 0.15) is 0 Å². The van der Waals surface area contributed by atoms with Crippen LogP contribution in [0.3, 0.4) is 0 Å². The average molecular weight is 425 g/mol. The first-order valence-electron chi connectivity index (χ1n) is 10.1. The van der Waals surface area contributed by atoms with Gasteiger partial charge >= 0.3 is 0 Å². The summed E-state index contributed by atoms with van der Waals surface area (Å²) >= 11 is 0. The molecule has 1 aliphatic carbocycles. The molecule has 1 heterocycles. The second kappa shape index (κ2) is 8.12. The number of amides is 1. The number of aromatic nitrogens is 2. The zero-order valence-electron chi connectivity index (χ0n) is 17.0. The van der Waals surface area contributed by atoms with Crippen molar-refractivity contribution in [2.24, 2.45) is 0 Å². The van der Waals surface area contributed by atoms with E-state index in [1.807, 2.05) is 13.8 Å². The van der Waals surface area contributed by atoms with Crippen LogP contribution in [0.2, 0.25) is 0 Å². The molecule has 1 fully saturated rings. The number of carbonyl (C=O) groups is 1. The lowest BCUT2D eigenvalue weighted by atomic mass is 10.1. The molecular formula is C22H24N4O3S. The third-order valence-electron chi connectivity index (χ3n) is 5.05. The number of carbonyl (C=O) groups excluding carboxylic acids is 1. The number of anilines is 1. The molecule has 0 saturated heterocycles. The second-order valence-corrected chi connectivity index (χ2v) is 9.12. The smallest absolute Gasteiger partial charge is 0.255 e. The average Bonchev–Trinajstić information content (AvgIpc) is 3.55. The number of nitrogens with one attached hydrogen (secondary N) is 2. The van der Waals surface area contributed by atoms with E-state index in [0.717, 1.165) is 42.6 Å². The molecule has 0 radical (unpaired) electrons. The number of benzene rings is 2. The van der Waals surface area contributed by atoms with Crippen LogP contribution in [-0.4, -0.2) is 30.3 Å². The first-order chi connectivity index (χ1) is 14.4. The van der Waals surface area contributed by atoms with Gasteiger partial charge < -0.3 is 5.32 Å². The molecule has 3 aromatic rings. The highest BCUT2D eigenvalue weighted by molar-refractivity contribution is 7.89. The Hall–Kier alpha value is -2.84. The van der Waals surface area contributed by atoms with Crippen molar-refractivity contribution >= 4 is 32.7 Å². The van der Waals surface area contributed by atoms with E-state index in [4.69, 9.17) is 0 Å². The van der Waals surface area contributed by atoms with Gasteiger partial charge in [-0.15, -0.1) is 0 Å². The lowest BCUT2D eigenvalue weighted by molar-refractivity contribution is 0.102. The fourth-order valence-corrected chi connectivity index (χ4v) is 4.62. The predicted octanol–water partition coefficient (Wildman–Crippen LogP) is 3.45. The number of hydrogen-bond donors (Lipinski definition) is 2. The molecule has 7 nitrogen and oxygen atoms in total. The van der Waals surface area contributed by atoms with Crippen molar-refractivity contribution in [3.63, 3.8) is 0 Å². The van der Waals surface area contributed by atoms with E-state index in [0.29, 0.717) is 16.8 Å². The molecule has 156 valence electrons. The fraction of sp³-hybridized carbons (Fsp3) is 0.318. The molecule has 0 unspecified atom stereocenters. The van der Waals surface area contributed by atoms with Crippen molar-refractivity contribution in [2.75, 3.05) is 5.32 Å². The molecule has 8 heteroatoms. The van der Waals surface area contributed by atoms with Crippen LogP contribution in [0.5, 0.6) is 0 Å². The number of sulfonamides is 1. The van der Waals surface area contributed by atoms with E-state index in [-0.39, 0.29) is 16.8 Å². The van der Waals surface area contributed by atoms with Crippen molar-refractivity contribution in [1.82, 2.24) is 14.7 Å². The van der Waals surface area contributed by atoms with E-state index in [1.165, 1.54) is 12.1 Å². The van der Waals surface area contributed by atoms with E-state index in [9.17, 15) is 13.2 Å². The van der Waals surface area contributed by atoms with Crippen LogP contribution in [0.25, 0.3) is 11.0 Å². The summed E-state index contributed by atoms with van der Waals surface area (Å²) in [5.41, 5.74) is 4.18. The Morgan fingerprint density at radius 2 is 1.70 bits per heavy atom. The van der Waals surface area contributed by atoms with Gasteiger partial charge in [0.05, 0.1) is 27.3 Å². The number of fused-ring (bicyclic) bond motifs is 1. The van der Waals surface area contributed by atoms with E-state index in [1.54, 1.807) is 30.3 Å². The van der Waals surface area contributed by atoms with Crippen LogP contribution >= 0.6 is 0 Å². The van der Waals surface area contributed by atoms with Gasteiger partial charge in [-0.3, -0.25) is 4.79 Å². The van der Waals surface area contributed by atoms with Gasteiger partial charge in [0, 0.05) is 17.3 Å². The quantitative estimate of drug-likeness (QED) is 0.605. The molecule has 0 spiro atoms. The Morgan fingerprint density at radius 3 is 2.37 bits per heavy atom. The second-order valence-electron chi connectivity index (χ2n) is 7.41. The minimum atomic E-state index is -3.58. The molecule has 2 N–H and O–H groups in total. The number of hydrogen-bond acceptors (Lipinski definition) is 5. The summed E-state index contributed by atoms with van der Waals surface area (Å²) in [5, 5.41) is 2.78. The van der Waals surface area contributed by atoms with Gasteiger partial charge in [0.15, 0.2) is 0 Å². The van der Waals surface area contributed by atoms with Crippen LogP contribution in [-0.2, 0) is 22.9 Å². The molecule has 1 amide bonds. The summed E-state index contributed by atoms with van der Waals surface area (Å²) in [6.45, 7) is 4.08. The Balaban J connectivity index is 1.57. The number of aryl methyl sites for hydroxylation is 2. The minimum absolute atomic E-state index is 0.0215. The third-order valence-corrected chi connectivity index (χ3v) is 6.57. The van der Waals surface area contributed by atoms with E-state index < -0.39 is 10.0 Å². The maximum atomic E-state index is 12.8. The summed E-state index contributed by atoms with van der Waals surface area (Å²) in [4.78, 5) is 22.2. The van der Waals surface area contributed by atoms with Gasteiger partial charge in [-0.1, -0.05) is 19.9 Å². The summed E-state index contributed by atoms with van der Waals surface area (Å²) < 4.78 is 27.5. The summed E-state index contributed by atoms with van der Waals surface area (Å²) in [6, 6.07) is 11.5. The van der Waals surface area contributed by atoms with Crippen LogP contribution in [0.1, 0.15) is 48.4 Å². The van der Waals surface area contributed by atoms with Gasteiger partial charge in [-0.25, -0.2) is 23.1 Å². The Labute approximate surface area is 176 Å². The minimum Gasteiger partial charge on any atom is -0.322 e. The molecular weight excluding hydrogens is 400 g/mol. The number of rotatable bonds is 7. The van der Waals surface area contributed by atoms with Gasteiger partial charge in [-0.2, -0.15) is 0 Å². The highest BCUT2D eigenvalue weighted by atomic mass is 32.2. The fourth-order valence-electron chi connectivity index (χ4n) is 3.27. The zero-order valence-corrected chi connectivity index (χ0v) is 17.8. The maximum Gasteiger partial charge on any atom is 0.255 e. The molecule has 0 atom stereocenters. The molecule has 30 heavy (non-hydrogen) atoms. The van der Waals surface area contributed by atoms with Crippen LogP contribution < -0.4 is 10.0 Å².